The molecule has 0 fully saturated rings. The van der Waals surface area contributed by atoms with E-state index in [1.807, 2.05) is 18.2 Å². The molecule has 0 spiro atoms. The van der Waals surface area contributed by atoms with Gasteiger partial charge in [-0.15, -0.1) is 0 Å². The summed E-state index contributed by atoms with van der Waals surface area (Å²) >= 11 is 3.36. The van der Waals surface area contributed by atoms with Gasteiger partial charge in [0, 0.05) is 18.2 Å². The highest BCUT2D eigenvalue weighted by atomic mass is 79.9. The molecule has 0 amide bonds. The average Bonchev–Trinajstić information content (AvgIpc) is 2.38. The topological polar surface area (TPSA) is 18.5 Å². The predicted octanol–water partition coefficient (Wildman–Crippen LogP) is 4.30. The van der Waals surface area contributed by atoms with Gasteiger partial charge in [0.15, 0.2) is 0 Å². The van der Waals surface area contributed by atoms with Gasteiger partial charge in [0.05, 0.1) is 12.7 Å². The van der Waals surface area contributed by atoms with Crippen molar-refractivity contribution in [3.05, 3.63) is 47.0 Å². The molecular weight excluding hydrogens is 292 g/mol. The third-order valence-corrected chi connectivity index (χ3v) is 3.26. The Balaban J connectivity index is 2.04. The molecule has 0 aromatic heterocycles. The Bertz CT molecular complexity index is 338. The van der Waals surface area contributed by atoms with E-state index in [0.717, 1.165) is 30.4 Å². The highest BCUT2D eigenvalue weighted by Crippen LogP contribution is 2.17. The van der Waals surface area contributed by atoms with E-state index in [2.05, 4.69) is 34.6 Å². The van der Waals surface area contributed by atoms with Crippen molar-refractivity contribution in [2.45, 2.75) is 32.0 Å². The van der Waals surface area contributed by atoms with Crippen LogP contribution in [0, 0.1) is 0 Å². The van der Waals surface area contributed by atoms with Crippen LogP contribution in [0.25, 0.3) is 0 Å². The third-order valence-electron chi connectivity index (χ3n) is 2.75. The van der Waals surface area contributed by atoms with Crippen LogP contribution >= 0.6 is 15.9 Å². The summed E-state index contributed by atoms with van der Waals surface area (Å²) in [5, 5.41) is 0. The Morgan fingerprint density at radius 2 is 2.00 bits per heavy atom. The number of methoxy groups -OCH3 is 1. The van der Waals surface area contributed by atoms with Crippen LogP contribution in [0.4, 0.5) is 0 Å². The molecule has 0 saturated carbocycles. The van der Waals surface area contributed by atoms with Crippen LogP contribution in [0.3, 0.4) is 0 Å². The van der Waals surface area contributed by atoms with Crippen molar-refractivity contribution in [3.63, 3.8) is 0 Å². The van der Waals surface area contributed by atoms with Crippen LogP contribution in [0.1, 0.15) is 24.8 Å². The van der Waals surface area contributed by atoms with Crippen LogP contribution in [0.2, 0.25) is 0 Å². The smallest absolute Gasteiger partial charge is 0.0879 e. The summed E-state index contributed by atoms with van der Waals surface area (Å²) in [6.45, 7) is 5.33. The first-order valence-electron chi connectivity index (χ1n) is 6.22. The molecule has 2 nitrogen and oxygen atoms in total. The van der Waals surface area contributed by atoms with E-state index < -0.39 is 0 Å². The molecule has 0 aliphatic carbocycles. The van der Waals surface area contributed by atoms with E-state index in [1.54, 1.807) is 7.11 Å². The number of ether oxygens (including phenoxy) is 2. The van der Waals surface area contributed by atoms with Crippen molar-refractivity contribution in [1.29, 1.82) is 0 Å². The fourth-order valence-electron chi connectivity index (χ4n) is 1.70. The second-order valence-electron chi connectivity index (χ2n) is 4.21. The lowest BCUT2D eigenvalue weighted by atomic mass is 10.1. The van der Waals surface area contributed by atoms with E-state index in [4.69, 9.17) is 9.47 Å². The van der Waals surface area contributed by atoms with Gasteiger partial charge in [-0.3, -0.25) is 0 Å². The first-order chi connectivity index (χ1) is 8.74. The summed E-state index contributed by atoms with van der Waals surface area (Å²) < 4.78 is 11.8. The maximum atomic E-state index is 5.62. The van der Waals surface area contributed by atoms with Gasteiger partial charge in [-0.25, -0.2) is 0 Å². The molecule has 0 radical (unpaired) electrons. The normalized spacial score (nSPS) is 12.3. The molecule has 1 aromatic carbocycles. The summed E-state index contributed by atoms with van der Waals surface area (Å²) in [7, 11) is 1.71. The molecule has 1 aromatic rings. The molecular formula is C15H21BrO2. The lowest BCUT2D eigenvalue weighted by molar-refractivity contribution is 0.104. The Labute approximate surface area is 118 Å². The molecule has 1 atom stereocenters. The van der Waals surface area contributed by atoms with Crippen LogP contribution in [-0.2, 0) is 16.1 Å². The minimum absolute atomic E-state index is 0.110. The second kappa shape index (κ2) is 9.31. The predicted molar refractivity (Wildman–Crippen MR) is 78.8 cm³/mol. The Morgan fingerprint density at radius 1 is 1.28 bits per heavy atom. The molecule has 0 aliphatic rings. The molecule has 0 bridgehead atoms. The number of benzene rings is 1. The number of unbranched alkanes of at least 4 members (excludes halogenated alkanes) is 1. The molecule has 0 aliphatic heterocycles. The average molecular weight is 313 g/mol. The lowest BCUT2D eigenvalue weighted by Gasteiger charge is -2.13. The van der Waals surface area contributed by atoms with Crippen molar-refractivity contribution in [1.82, 2.24) is 0 Å². The molecule has 100 valence electrons. The molecule has 0 saturated heterocycles. The lowest BCUT2D eigenvalue weighted by Crippen LogP contribution is -2.10. The minimum Gasteiger partial charge on any atom is -0.377 e. The van der Waals surface area contributed by atoms with Crippen LogP contribution in [0.5, 0.6) is 0 Å². The van der Waals surface area contributed by atoms with Crippen molar-refractivity contribution in [3.8, 4) is 0 Å². The third kappa shape index (κ3) is 6.34. The van der Waals surface area contributed by atoms with Gasteiger partial charge < -0.3 is 9.47 Å². The SMILES string of the molecule is C=C(Br)C(CCCCOCc1ccccc1)OC. The highest BCUT2D eigenvalue weighted by Gasteiger charge is 2.08. The first kappa shape index (κ1) is 15.4. The quantitative estimate of drug-likeness (QED) is 0.633. The number of hydrogen-bond acceptors (Lipinski definition) is 2. The number of rotatable bonds is 9. The Hall–Kier alpha value is -0.640. The molecule has 0 N–H and O–H groups in total. The van der Waals surface area contributed by atoms with Gasteiger partial charge >= 0.3 is 0 Å². The zero-order valence-electron chi connectivity index (χ0n) is 10.9. The van der Waals surface area contributed by atoms with Crippen molar-refractivity contribution in [2.24, 2.45) is 0 Å². The Morgan fingerprint density at radius 3 is 2.61 bits per heavy atom. The van der Waals surface area contributed by atoms with Gasteiger partial charge in [0.2, 0.25) is 0 Å². The van der Waals surface area contributed by atoms with Gasteiger partial charge in [-0.1, -0.05) is 52.8 Å². The van der Waals surface area contributed by atoms with Crippen LogP contribution < -0.4 is 0 Å². The molecule has 0 heterocycles. The van der Waals surface area contributed by atoms with Crippen molar-refractivity contribution < 1.29 is 9.47 Å². The van der Waals surface area contributed by atoms with Crippen LogP contribution in [-0.4, -0.2) is 19.8 Å². The van der Waals surface area contributed by atoms with E-state index in [0.29, 0.717) is 6.61 Å². The van der Waals surface area contributed by atoms with Crippen LogP contribution in [0.15, 0.2) is 41.4 Å². The maximum Gasteiger partial charge on any atom is 0.0879 e. The minimum atomic E-state index is 0.110. The number of hydrogen-bond donors (Lipinski definition) is 0. The zero-order chi connectivity index (χ0) is 13.2. The fraction of sp³-hybridized carbons (Fsp3) is 0.467. The van der Waals surface area contributed by atoms with Gasteiger partial charge in [-0.05, 0) is 24.8 Å². The second-order valence-corrected chi connectivity index (χ2v) is 5.22. The van der Waals surface area contributed by atoms with E-state index in [-0.39, 0.29) is 6.10 Å². The summed E-state index contributed by atoms with van der Waals surface area (Å²) in [6, 6.07) is 10.2. The van der Waals surface area contributed by atoms with Gasteiger partial charge in [0.1, 0.15) is 0 Å². The van der Waals surface area contributed by atoms with Gasteiger partial charge in [0.25, 0.3) is 0 Å². The fourth-order valence-corrected chi connectivity index (χ4v) is 2.12. The van der Waals surface area contributed by atoms with E-state index in [9.17, 15) is 0 Å². The summed E-state index contributed by atoms with van der Waals surface area (Å²) in [5.41, 5.74) is 1.22. The monoisotopic (exact) mass is 312 g/mol. The zero-order valence-corrected chi connectivity index (χ0v) is 12.5. The van der Waals surface area contributed by atoms with Gasteiger partial charge in [-0.2, -0.15) is 0 Å². The maximum absolute atomic E-state index is 5.62. The Kier molecular flexibility index (Phi) is 7.98. The summed E-state index contributed by atoms with van der Waals surface area (Å²) in [4.78, 5) is 0. The summed E-state index contributed by atoms with van der Waals surface area (Å²) in [5.74, 6) is 0. The van der Waals surface area contributed by atoms with E-state index in [1.165, 1.54) is 5.56 Å². The molecule has 1 rings (SSSR count). The standard InChI is InChI=1S/C15H21BrO2/c1-13(16)15(17-2)10-6-7-11-18-12-14-8-4-3-5-9-14/h3-5,8-9,15H,1,6-7,10-12H2,2H3. The number of halogens is 1. The molecule has 1 unspecified atom stereocenters. The summed E-state index contributed by atoms with van der Waals surface area (Å²) in [6.07, 6.45) is 3.22. The van der Waals surface area contributed by atoms with Crippen molar-refractivity contribution >= 4 is 15.9 Å². The molecule has 18 heavy (non-hydrogen) atoms. The first-order valence-corrected chi connectivity index (χ1v) is 7.02. The largest absolute Gasteiger partial charge is 0.377 e. The van der Waals surface area contributed by atoms with Crippen molar-refractivity contribution in [2.75, 3.05) is 13.7 Å². The van der Waals surface area contributed by atoms with E-state index >= 15 is 0 Å². The molecule has 3 heteroatoms. The highest BCUT2D eigenvalue weighted by molar-refractivity contribution is 9.11.